The summed E-state index contributed by atoms with van der Waals surface area (Å²) in [5.41, 5.74) is 3.96. The van der Waals surface area contributed by atoms with Crippen molar-refractivity contribution in [1.82, 2.24) is 15.2 Å². The van der Waals surface area contributed by atoms with E-state index in [0.29, 0.717) is 0 Å². The van der Waals surface area contributed by atoms with Gasteiger partial charge in [0.05, 0.1) is 11.7 Å². The minimum absolute atomic E-state index is 0.0153. The van der Waals surface area contributed by atoms with E-state index in [4.69, 9.17) is 5.84 Å². The Labute approximate surface area is 113 Å². The largest absolute Gasteiger partial charge is 0.270 e. The van der Waals surface area contributed by atoms with Crippen LogP contribution in [0.2, 0.25) is 0 Å². The number of hydrazine groups is 1. The lowest BCUT2D eigenvalue weighted by Crippen LogP contribution is -2.30. The molecule has 0 aliphatic carbocycles. The van der Waals surface area contributed by atoms with E-state index in [0.717, 1.165) is 23.1 Å². The molecule has 0 bridgehead atoms. The highest BCUT2D eigenvalue weighted by atomic mass is 79.9. The summed E-state index contributed by atoms with van der Waals surface area (Å²) >= 11 is 5.22. The van der Waals surface area contributed by atoms with E-state index in [1.165, 1.54) is 4.88 Å². The van der Waals surface area contributed by atoms with Crippen LogP contribution >= 0.6 is 27.3 Å². The zero-order valence-electron chi connectivity index (χ0n) is 9.56. The second-order valence-corrected chi connectivity index (χ2v) is 5.51. The third-order valence-corrected chi connectivity index (χ3v) is 4.49. The van der Waals surface area contributed by atoms with Crippen molar-refractivity contribution in [3.63, 3.8) is 0 Å². The lowest BCUT2D eigenvalue weighted by atomic mass is 10.2. The van der Waals surface area contributed by atoms with Gasteiger partial charge in [-0.3, -0.25) is 10.5 Å². The quantitative estimate of drug-likeness (QED) is 0.659. The fourth-order valence-electron chi connectivity index (χ4n) is 1.79. The number of nitrogens with one attached hydrogen (secondary N) is 1. The van der Waals surface area contributed by atoms with Crippen LogP contribution in [-0.4, -0.2) is 9.78 Å². The first-order valence-electron chi connectivity index (χ1n) is 5.48. The lowest BCUT2D eigenvalue weighted by Gasteiger charge is -2.16. The van der Waals surface area contributed by atoms with E-state index in [1.54, 1.807) is 11.3 Å². The van der Waals surface area contributed by atoms with Gasteiger partial charge in [0.1, 0.15) is 0 Å². The topological polar surface area (TPSA) is 55.9 Å². The molecule has 6 heteroatoms. The van der Waals surface area contributed by atoms with Gasteiger partial charge in [-0.1, -0.05) is 6.92 Å². The van der Waals surface area contributed by atoms with Crippen molar-refractivity contribution in [2.45, 2.75) is 25.9 Å². The van der Waals surface area contributed by atoms with Crippen LogP contribution in [0.5, 0.6) is 0 Å². The molecule has 17 heavy (non-hydrogen) atoms. The molecule has 3 N–H and O–H groups in total. The zero-order valence-corrected chi connectivity index (χ0v) is 12.0. The molecule has 0 amide bonds. The van der Waals surface area contributed by atoms with Crippen LogP contribution < -0.4 is 11.3 Å². The Morgan fingerprint density at radius 3 is 3.00 bits per heavy atom. The maximum absolute atomic E-state index is 5.68. The first-order chi connectivity index (χ1) is 8.27. The summed E-state index contributed by atoms with van der Waals surface area (Å²) in [5, 5.41) is 6.37. The van der Waals surface area contributed by atoms with E-state index in [2.05, 4.69) is 33.4 Å². The van der Waals surface area contributed by atoms with Crippen LogP contribution in [0.25, 0.3) is 0 Å². The molecule has 2 rings (SSSR count). The summed E-state index contributed by atoms with van der Waals surface area (Å²) in [6.45, 7) is 3.04. The van der Waals surface area contributed by atoms with E-state index >= 15 is 0 Å². The number of aryl methyl sites for hydroxylation is 1. The molecule has 2 aromatic heterocycles. The van der Waals surface area contributed by atoms with Crippen molar-refractivity contribution >= 4 is 27.3 Å². The molecule has 2 aromatic rings. The maximum atomic E-state index is 5.68. The van der Waals surface area contributed by atoms with Gasteiger partial charge in [-0.2, -0.15) is 5.10 Å². The van der Waals surface area contributed by atoms with E-state index < -0.39 is 0 Å². The molecule has 0 aliphatic rings. The van der Waals surface area contributed by atoms with Crippen LogP contribution in [0.1, 0.15) is 30.0 Å². The maximum Gasteiger partial charge on any atom is 0.0981 e. The van der Waals surface area contributed by atoms with Gasteiger partial charge in [0.15, 0.2) is 0 Å². The highest BCUT2D eigenvalue weighted by Crippen LogP contribution is 2.32. The van der Waals surface area contributed by atoms with Crippen molar-refractivity contribution in [2.24, 2.45) is 5.84 Å². The minimum atomic E-state index is -0.0153. The fourth-order valence-corrected chi connectivity index (χ4v) is 3.47. The number of aromatic nitrogens is 2. The molecule has 0 saturated heterocycles. The van der Waals surface area contributed by atoms with Gasteiger partial charge in [-0.05, 0) is 39.9 Å². The van der Waals surface area contributed by atoms with Crippen molar-refractivity contribution in [2.75, 3.05) is 0 Å². The molecular formula is C11H15BrN4S. The van der Waals surface area contributed by atoms with E-state index in [-0.39, 0.29) is 6.04 Å². The van der Waals surface area contributed by atoms with Gasteiger partial charge >= 0.3 is 0 Å². The summed E-state index contributed by atoms with van der Waals surface area (Å²) < 4.78 is 3.08. The Morgan fingerprint density at radius 1 is 1.59 bits per heavy atom. The Morgan fingerprint density at radius 2 is 2.41 bits per heavy atom. The van der Waals surface area contributed by atoms with Gasteiger partial charge < -0.3 is 0 Å². The number of nitrogens with zero attached hydrogens (tertiary/aromatic N) is 2. The molecule has 0 saturated carbocycles. The monoisotopic (exact) mass is 314 g/mol. The first kappa shape index (κ1) is 12.8. The summed E-state index contributed by atoms with van der Waals surface area (Å²) in [5.74, 6) is 5.68. The van der Waals surface area contributed by atoms with Crippen molar-refractivity contribution in [3.05, 3.63) is 38.8 Å². The van der Waals surface area contributed by atoms with E-state index in [9.17, 15) is 0 Å². The molecule has 2 heterocycles. The van der Waals surface area contributed by atoms with Crippen LogP contribution in [0.4, 0.5) is 0 Å². The van der Waals surface area contributed by atoms with Crippen molar-refractivity contribution in [3.8, 4) is 0 Å². The molecule has 4 nitrogen and oxygen atoms in total. The van der Waals surface area contributed by atoms with Crippen LogP contribution in [-0.2, 0) is 6.54 Å². The third kappa shape index (κ3) is 2.60. The van der Waals surface area contributed by atoms with Gasteiger partial charge in [0, 0.05) is 22.1 Å². The molecule has 0 aliphatic heterocycles. The number of nitrogens with two attached hydrogens (primary N) is 1. The highest BCUT2D eigenvalue weighted by Gasteiger charge is 2.20. The summed E-state index contributed by atoms with van der Waals surface area (Å²) in [7, 11) is 0. The van der Waals surface area contributed by atoms with Gasteiger partial charge in [-0.15, -0.1) is 11.3 Å². The zero-order chi connectivity index (χ0) is 12.3. The predicted molar refractivity (Wildman–Crippen MR) is 73.7 cm³/mol. The summed E-state index contributed by atoms with van der Waals surface area (Å²) in [4.78, 5) is 1.17. The molecule has 1 atom stereocenters. The molecule has 1 unspecified atom stereocenters. The van der Waals surface area contributed by atoms with Gasteiger partial charge in [-0.25, -0.2) is 5.43 Å². The Bertz CT molecular complexity index is 479. The third-order valence-electron chi connectivity index (χ3n) is 2.55. The normalized spacial score (nSPS) is 12.9. The number of thiophene rings is 1. The highest BCUT2D eigenvalue weighted by molar-refractivity contribution is 9.10. The standard InChI is InChI=1S/C11H15BrN4S/c1-2-6-16-9(3-5-14-16)10(15-13)11-8(12)4-7-17-11/h3-5,7,10,15H,2,6,13H2,1H3. The Hall–Kier alpha value is -0.690. The van der Waals surface area contributed by atoms with Crippen molar-refractivity contribution < 1.29 is 0 Å². The predicted octanol–water partition coefficient (Wildman–Crippen LogP) is 2.67. The second kappa shape index (κ2) is 5.77. The summed E-state index contributed by atoms with van der Waals surface area (Å²) in [6, 6.07) is 4.02. The van der Waals surface area contributed by atoms with Crippen LogP contribution in [0, 0.1) is 0 Å². The minimum Gasteiger partial charge on any atom is -0.270 e. The molecule has 0 radical (unpaired) electrons. The first-order valence-corrected chi connectivity index (χ1v) is 7.16. The molecule has 92 valence electrons. The van der Waals surface area contributed by atoms with Crippen molar-refractivity contribution in [1.29, 1.82) is 0 Å². The SMILES string of the molecule is CCCn1nccc1C(NN)c1sccc1Br. The average molecular weight is 315 g/mol. The molecule has 0 spiro atoms. The second-order valence-electron chi connectivity index (χ2n) is 3.71. The van der Waals surface area contributed by atoms with Crippen LogP contribution in [0.15, 0.2) is 28.2 Å². The number of halogens is 1. The number of rotatable bonds is 5. The molecule has 0 aromatic carbocycles. The molecular weight excluding hydrogens is 300 g/mol. The van der Waals surface area contributed by atoms with Crippen LogP contribution in [0.3, 0.4) is 0 Å². The van der Waals surface area contributed by atoms with Gasteiger partial charge in [0.25, 0.3) is 0 Å². The summed E-state index contributed by atoms with van der Waals surface area (Å²) in [6.07, 6.45) is 2.87. The lowest BCUT2D eigenvalue weighted by molar-refractivity contribution is 0.524. The number of hydrogen-bond acceptors (Lipinski definition) is 4. The Balaban J connectivity index is 2.35. The fraction of sp³-hybridized carbons (Fsp3) is 0.364. The number of hydrogen-bond donors (Lipinski definition) is 2. The Kier molecular flexibility index (Phi) is 4.33. The molecule has 0 fully saturated rings. The average Bonchev–Trinajstić information content (AvgIpc) is 2.92. The smallest absolute Gasteiger partial charge is 0.0981 e. The van der Waals surface area contributed by atoms with E-state index in [1.807, 2.05) is 28.4 Å². The van der Waals surface area contributed by atoms with Gasteiger partial charge in [0.2, 0.25) is 0 Å².